The van der Waals surface area contributed by atoms with Crippen molar-refractivity contribution in [2.24, 2.45) is 0 Å². The van der Waals surface area contributed by atoms with Crippen molar-refractivity contribution in [1.29, 1.82) is 0 Å². The number of halogens is 2. The van der Waals surface area contributed by atoms with Gasteiger partial charge in [0.25, 0.3) is 0 Å². The summed E-state index contributed by atoms with van der Waals surface area (Å²) >= 11 is 4.05. The highest BCUT2D eigenvalue weighted by atomic mass is 35.5. The molecule has 0 saturated carbocycles. The van der Waals surface area contributed by atoms with E-state index in [2.05, 4.69) is 11.8 Å². The average Bonchev–Trinajstić information content (AvgIpc) is 0.722. The van der Waals surface area contributed by atoms with Crippen LogP contribution in [0.5, 0.6) is 0 Å². The second kappa shape index (κ2) is 5.29. The van der Waals surface area contributed by atoms with Gasteiger partial charge in [0.15, 0.2) is 6.49 Å². The van der Waals surface area contributed by atoms with Gasteiger partial charge >= 0.3 is 0 Å². The van der Waals surface area contributed by atoms with Crippen LogP contribution in [0.2, 0.25) is 0 Å². The van der Waals surface area contributed by atoms with Crippen molar-refractivity contribution in [2.45, 2.75) is 0 Å². The standard InChI is InChI=1S/CH5O2PS.2ClH/c1-4(2,3)5;;/h1H3,(H2,2,3,5);2*1H. The third kappa shape index (κ3) is 143. The van der Waals surface area contributed by atoms with Gasteiger partial charge in [-0.3, -0.25) is 0 Å². The first-order chi connectivity index (χ1) is 2.00. The lowest BCUT2D eigenvalue weighted by atomic mass is 12.0. The van der Waals surface area contributed by atoms with Gasteiger partial charge in [0.1, 0.15) is 0 Å². The van der Waals surface area contributed by atoms with Crippen LogP contribution in [-0.2, 0) is 11.8 Å². The predicted molar refractivity (Wildman–Crippen MR) is 39.1 cm³/mol. The molecule has 0 aliphatic rings. The molecular weight excluding hydrogens is 178 g/mol. The first-order valence-electron chi connectivity index (χ1n) is 1.03. The Bertz CT molecular complexity index is 61.8. The molecule has 0 radical (unpaired) electrons. The minimum absolute atomic E-state index is 0. The Kier molecular flexibility index (Phi) is 11.9. The summed E-state index contributed by atoms with van der Waals surface area (Å²) in [6.07, 6.45) is 0. The average molecular weight is 185 g/mol. The number of hydrogen-bond acceptors (Lipinski definition) is 1. The van der Waals surface area contributed by atoms with Crippen molar-refractivity contribution < 1.29 is 9.79 Å². The molecule has 0 aromatic heterocycles. The van der Waals surface area contributed by atoms with Crippen molar-refractivity contribution >= 4 is 43.1 Å². The normalized spacial score (nSPS) is 8.43. The van der Waals surface area contributed by atoms with Crippen LogP contribution in [0.4, 0.5) is 0 Å². The molecule has 7 heavy (non-hydrogen) atoms. The van der Waals surface area contributed by atoms with Gasteiger partial charge in [-0.25, -0.2) is 0 Å². The zero-order chi connectivity index (χ0) is 4.50. The van der Waals surface area contributed by atoms with E-state index in [-0.39, 0.29) is 24.8 Å². The molecule has 48 valence electrons. The SMILES string of the molecule is CP(O)(O)=S.Cl.Cl. The zero-order valence-corrected chi connectivity index (χ0v) is 6.91. The summed E-state index contributed by atoms with van der Waals surface area (Å²) in [6, 6.07) is 0. The van der Waals surface area contributed by atoms with E-state index in [4.69, 9.17) is 9.79 Å². The molecule has 2 N–H and O–H groups in total. The van der Waals surface area contributed by atoms with Crippen LogP contribution in [-0.4, -0.2) is 16.5 Å². The van der Waals surface area contributed by atoms with Crippen molar-refractivity contribution in [1.82, 2.24) is 0 Å². The summed E-state index contributed by atoms with van der Waals surface area (Å²) in [5.41, 5.74) is 0. The highest BCUT2D eigenvalue weighted by Crippen LogP contribution is 2.27. The molecule has 6 heteroatoms. The Morgan fingerprint density at radius 1 is 1.29 bits per heavy atom. The molecule has 0 aromatic carbocycles. The van der Waals surface area contributed by atoms with Crippen LogP contribution in [0.15, 0.2) is 0 Å². The summed E-state index contributed by atoms with van der Waals surface area (Å²) in [5.74, 6) is 0. The van der Waals surface area contributed by atoms with Gasteiger partial charge in [-0.15, -0.1) is 24.8 Å². The topological polar surface area (TPSA) is 40.5 Å². The van der Waals surface area contributed by atoms with E-state index in [0.29, 0.717) is 0 Å². The van der Waals surface area contributed by atoms with E-state index in [0.717, 1.165) is 0 Å². The summed E-state index contributed by atoms with van der Waals surface area (Å²) in [4.78, 5) is 16.0. The highest BCUT2D eigenvalue weighted by Gasteiger charge is 1.88. The van der Waals surface area contributed by atoms with E-state index >= 15 is 0 Å². The van der Waals surface area contributed by atoms with Crippen LogP contribution in [0.1, 0.15) is 0 Å². The second-order valence-electron chi connectivity index (χ2n) is 0.835. The van der Waals surface area contributed by atoms with E-state index in [1.807, 2.05) is 0 Å². The second-order valence-corrected chi connectivity index (χ2v) is 4.58. The lowest BCUT2D eigenvalue weighted by Gasteiger charge is -1.90. The van der Waals surface area contributed by atoms with Gasteiger partial charge in [-0.2, -0.15) is 0 Å². The molecule has 2 nitrogen and oxygen atoms in total. The van der Waals surface area contributed by atoms with Gasteiger partial charge in [0.05, 0.1) is 0 Å². The van der Waals surface area contributed by atoms with E-state index in [1.165, 1.54) is 6.66 Å². The van der Waals surface area contributed by atoms with E-state index in [9.17, 15) is 0 Å². The Hall–Kier alpha value is 1.15. The number of hydrogen-bond donors (Lipinski definition) is 2. The maximum absolute atomic E-state index is 8.00. The molecule has 0 aromatic rings. The quantitative estimate of drug-likeness (QED) is 0.547. The molecule has 0 rings (SSSR count). The summed E-state index contributed by atoms with van der Waals surface area (Å²) in [6.45, 7) is -1.58. The molecule has 0 saturated heterocycles. The van der Waals surface area contributed by atoms with Gasteiger partial charge in [-0.1, -0.05) is 0 Å². The maximum atomic E-state index is 8.00. The van der Waals surface area contributed by atoms with Gasteiger partial charge in [0, 0.05) is 6.66 Å². The van der Waals surface area contributed by atoms with Crippen LogP contribution < -0.4 is 0 Å². The monoisotopic (exact) mass is 184 g/mol. The first-order valence-corrected chi connectivity index (χ1v) is 4.18. The molecule has 0 fully saturated rings. The van der Waals surface area contributed by atoms with Crippen LogP contribution >= 0.6 is 31.3 Å². The Labute approximate surface area is 59.9 Å². The number of rotatable bonds is 0. The van der Waals surface area contributed by atoms with Gasteiger partial charge < -0.3 is 9.79 Å². The molecule has 0 aliphatic carbocycles. The zero-order valence-electron chi connectivity index (χ0n) is 3.57. The molecule has 0 unspecified atom stereocenters. The molecule has 0 atom stereocenters. The van der Waals surface area contributed by atoms with Crippen molar-refractivity contribution in [3.63, 3.8) is 0 Å². The predicted octanol–water partition coefficient (Wildman–Crippen LogP) is 0.754. The molecular formula is CH7Cl2O2PS. The Morgan fingerprint density at radius 2 is 1.29 bits per heavy atom. The van der Waals surface area contributed by atoms with Gasteiger partial charge in [0.2, 0.25) is 0 Å². The Balaban J connectivity index is -0.0000000800. The fourth-order valence-corrected chi connectivity index (χ4v) is 0. The summed E-state index contributed by atoms with van der Waals surface area (Å²) < 4.78 is 0. The summed E-state index contributed by atoms with van der Waals surface area (Å²) in [5, 5.41) is 0. The minimum Gasteiger partial charge on any atom is -0.345 e. The lowest BCUT2D eigenvalue weighted by Crippen LogP contribution is -1.63. The fourth-order valence-electron chi connectivity index (χ4n) is 0. The highest BCUT2D eigenvalue weighted by molar-refractivity contribution is 8.08. The minimum atomic E-state index is -2.81. The first kappa shape index (κ1) is 15.7. The third-order valence-corrected chi connectivity index (χ3v) is 0. The third-order valence-electron chi connectivity index (χ3n) is 0. The van der Waals surface area contributed by atoms with Crippen LogP contribution in [0, 0.1) is 0 Å². The molecule has 0 aliphatic heterocycles. The van der Waals surface area contributed by atoms with Crippen LogP contribution in [0.3, 0.4) is 0 Å². The summed E-state index contributed by atoms with van der Waals surface area (Å²) in [7, 11) is 0. The largest absolute Gasteiger partial charge is 0.345 e. The van der Waals surface area contributed by atoms with E-state index < -0.39 is 6.49 Å². The van der Waals surface area contributed by atoms with Gasteiger partial charge in [-0.05, 0) is 11.8 Å². The van der Waals surface area contributed by atoms with E-state index in [1.54, 1.807) is 0 Å². The smallest absolute Gasteiger partial charge is 0.180 e. The molecule has 0 spiro atoms. The maximum Gasteiger partial charge on any atom is 0.180 e. The van der Waals surface area contributed by atoms with Crippen molar-refractivity contribution in [2.75, 3.05) is 6.66 Å². The fraction of sp³-hybridized carbons (Fsp3) is 1.00. The van der Waals surface area contributed by atoms with Crippen molar-refractivity contribution in [3.05, 3.63) is 0 Å². The van der Waals surface area contributed by atoms with Crippen molar-refractivity contribution in [3.8, 4) is 0 Å². The molecule has 0 amide bonds. The Morgan fingerprint density at radius 3 is 1.29 bits per heavy atom. The van der Waals surface area contributed by atoms with Crippen LogP contribution in [0.25, 0.3) is 0 Å². The molecule has 0 bridgehead atoms. The lowest BCUT2D eigenvalue weighted by molar-refractivity contribution is 0.487. The molecule has 0 heterocycles.